The molecule has 1 aromatic rings. The van der Waals surface area contributed by atoms with E-state index in [9.17, 15) is 9.18 Å². The van der Waals surface area contributed by atoms with Crippen LogP contribution in [0.3, 0.4) is 0 Å². The molecule has 0 fully saturated rings. The molecule has 0 saturated carbocycles. The first-order valence-electron chi connectivity index (χ1n) is 2.97. The summed E-state index contributed by atoms with van der Waals surface area (Å²) in [5, 5.41) is -0.119. The topological polar surface area (TPSA) is 43.1 Å². The SMILES string of the molecule is NC(=O)c1c(Br)ccc(Cl)c1F. The summed E-state index contributed by atoms with van der Waals surface area (Å²) in [4.78, 5) is 10.7. The molecule has 1 aromatic carbocycles. The molecule has 64 valence electrons. The summed E-state index contributed by atoms with van der Waals surface area (Å²) < 4.78 is 13.4. The van der Waals surface area contributed by atoms with E-state index in [1.54, 1.807) is 0 Å². The van der Waals surface area contributed by atoms with Gasteiger partial charge in [0.25, 0.3) is 5.91 Å². The number of carbonyl (C=O) groups excluding carboxylic acids is 1. The van der Waals surface area contributed by atoms with E-state index in [0.717, 1.165) is 0 Å². The maximum Gasteiger partial charge on any atom is 0.252 e. The highest BCUT2D eigenvalue weighted by atomic mass is 79.9. The Hall–Kier alpha value is -0.610. The summed E-state index contributed by atoms with van der Waals surface area (Å²) in [6.07, 6.45) is 0. The molecule has 5 heteroatoms. The van der Waals surface area contributed by atoms with Crippen molar-refractivity contribution in [1.82, 2.24) is 0 Å². The molecule has 0 spiro atoms. The molecule has 1 rings (SSSR count). The zero-order valence-electron chi connectivity index (χ0n) is 5.77. The second-order valence-corrected chi connectivity index (χ2v) is 3.34. The molecule has 0 aliphatic heterocycles. The van der Waals surface area contributed by atoms with Crippen molar-refractivity contribution in [3.8, 4) is 0 Å². The molecule has 0 aliphatic carbocycles. The molecule has 0 aromatic heterocycles. The predicted octanol–water partition coefficient (Wildman–Crippen LogP) is 2.34. The van der Waals surface area contributed by atoms with Crippen molar-refractivity contribution in [1.29, 1.82) is 0 Å². The van der Waals surface area contributed by atoms with Crippen molar-refractivity contribution in [2.24, 2.45) is 5.73 Å². The highest BCUT2D eigenvalue weighted by Gasteiger charge is 2.15. The highest BCUT2D eigenvalue weighted by Crippen LogP contribution is 2.25. The molecule has 0 aliphatic rings. The largest absolute Gasteiger partial charge is 0.365 e. The maximum atomic E-state index is 13.1. The van der Waals surface area contributed by atoms with Gasteiger partial charge in [-0.2, -0.15) is 0 Å². The summed E-state index contributed by atoms with van der Waals surface area (Å²) in [6, 6.07) is 2.80. The maximum absolute atomic E-state index is 13.1. The summed E-state index contributed by atoms with van der Waals surface area (Å²) in [5.41, 5.74) is 4.70. The van der Waals surface area contributed by atoms with Crippen molar-refractivity contribution in [2.75, 3.05) is 0 Å². The average molecular weight is 252 g/mol. The van der Waals surface area contributed by atoms with E-state index in [1.165, 1.54) is 12.1 Å². The van der Waals surface area contributed by atoms with Gasteiger partial charge in [0, 0.05) is 4.47 Å². The number of halogens is 3. The molecule has 0 radical (unpaired) electrons. The monoisotopic (exact) mass is 251 g/mol. The van der Waals surface area contributed by atoms with Crippen LogP contribution in [0, 0.1) is 5.82 Å². The van der Waals surface area contributed by atoms with Crippen LogP contribution in [0.2, 0.25) is 5.02 Å². The Morgan fingerprint density at radius 3 is 2.58 bits per heavy atom. The Morgan fingerprint density at radius 2 is 2.17 bits per heavy atom. The molecule has 0 bridgehead atoms. The summed E-state index contributed by atoms with van der Waals surface area (Å²) >= 11 is 8.41. The number of primary amides is 1. The van der Waals surface area contributed by atoms with E-state index in [1.807, 2.05) is 0 Å². The summed E-state index contributed by atoms with van der Waals surface area (Å²) in [6.45, 7) is 0. The van der Waals surface area contributed by atoms with Crippen LogP contribution < -0.4 is 5.73 Å². The lowest BCUT2D eigenvalue weighted by molar-refractivity contribution is 0.0995. The van der Waals surface area contributed by atoms with Crippen molar-refractivity contribution < 1.29 is 9.18 Å². The van der Waals surface area contributed by atoms with Crippen LogP contribution in [-0.4, -0.2) is 5.91 Å². The lowest BCUT2D eigenvalue weighted by atomic mass is 10.2. The van der Waals surface area contributed by atoms with Gasteiger partial charge in [-0.05, 0) is 28.1 Å². The third-order valence-corrected chi connectivity index (χ3v) is 2.24. The first-order valence-corrected chi connectivity index (χ1v) is 4.14. The van der Waals surface area contributed by atoms with E-state index in [-0.39, 0.29) is 10.6 Å². The van der Waals surface area contributed by atoms with Gasteiger partial charge in [-0.3, -0.25) is 4.79 Å². The van der Waals surface area contributed by atoms with E-state index in [2.05, 4.69) is 15.9 Å². The van der Waals surface area contributed by atoms with E-state index in [0.29, 0.717) is 4.47 Å². The van der Waals surface area contributed by atoms with Gasteiger partial charge in [0.1, 0.15) is 0 Å². The smallest absolute Gasteiger partial charge is 0.252 e. The minimum atomic E-state index is -0.845. The fourth-order valence-electron chi connectivity index (χ4n) is 0.753. The Morgan fingerprint density at radius 1 is 1.58 bits per heavy atom. The Balaban J connectivity index is 3.43. The Kier molecular flexibility index (Phi) is 2.69. The molecule has 12 heavy (non-hydrogen) atoms. The van der Waals surface area contributed by atoms with Crippen LogP contribution in [0.1, 0.15) is 10.4 Å². The number of amides is 1. The Bertz CT molecular complexity index is 342. The minimum absolute atomic E-state index is 0.119. The van der Waals surface area contributed by atoms with Crippen LogP contribution in [0.4, 0.5) is 4.39 Å². The lowest BCUT2D eigenvalue weighted by Crippen LogP contribution is -2.14. The standard InChI is InChI=1S/C7H4BrClFNO/c8-3-1-2-4(9)6(10)5(3)7(11)12/h1-2H,(H2,11,12). The zero-order chi connectivity index (χ0) is 9.30. The van der Waals surface area contributed by atoms with E-state index < -0.39 is 11.7 Å². The molecular weight excluding hydrogens is 248 g/mol. The number of nitrogens with two attached hydrogens (primary N) is 1. The van der Waals surface area contributed by atoms with Gasteiger partial charge in [0.2, 0.25) is 0 Å². The van der Waals surface area contributed by atoms with Gasteiger partial charge in [0.15, 0.2) is 5.82 Å². The number of rotatable bonds is 1. The second-order valence-electron chi connectivity index (χ2n) is 2.08. The third-order valence-electron chi connectivity index (χ3n) is 1.29. The number of carbonyl (C=O) groups is 1. The van der Waals surface area contributed by atoms with Crippen LogP contribution >= 0.6 is 27.5 Å². The summed E-state index contributed by atoms with van der Waals surface area (Å²) in [7, 11) is 0. The van der Waals surface area contributed by atoms with Gasteiger partial charge in [-0.25, -0.2) is 4.39 Å². The zero-order valence-corrected chi connectivity index (χ0v) is 8.12. The highest BCUT2D eigenvalue weighted by molar-refractivity contribution is 9.10. The van der Waals surface area contributed by atoms with Crippen molar-refractivity contribution in [2.45, 2.75) is 0 Å². The lowest BCUT2D eigenvalue weighted by Gasteiger charge is -2.02. The van der Waals surface area contributed by atoms with Gasteiger partial charge in [-0.1, -0.05) is 11.6 Å². The van der Waals surface area contributed by atoms with E-state index in [4.69, 9.17) is 17.3 Å². The second kappa shape index (κ2) is 3.41. The van der Waals surface area contributed by atoms with Crippen LogP contribution in [0.5, 0.6) is 0 Å². The summed E-state index contributed by atoms with van der Waals surface area (Å²) in [5.74, 6) is -1.64. The fourth-order valence-corrected chi connectivity index (χ4v) is 1.41. The minimum Gasteiger partial charge on any atom is -0.365 e. The fraction of sp³-hybridized carbons (Fsp3) is 0. The molecule has 0 unspecified atom stereocenters. The van der Waals surface area contributed by atoms with Gasteiger partial charge in [0.05, 0.1) is 10.6 Å². The quantitative estimate of drug-likeness (QED) is 0.766. The molecule has 2 N–H and O–H groups in total. The first-order chi connectivity index (χ1) is 5.54. The van der Waals surface area contributed by atoms with Gasteiger partial charge in [-0.15, -0.1) is 0 Å². The predicted molar refractivity (Wildman–Crippen MR) is 47.6 cm³/mol. The number of benzene rings is 1. The van der Waals surface area contributed by atoms with Crippen LogP contribution in [-0.2, 0) is 0 Å². The first kappa shape index (κ1) is 9.48. The molecule has 0 atom stereocenters. The average Bonchev–Trinajstić information content (AvgIpc) is 1.97. The van der Waals surface area contributed by atoms with Crippen molar-refractivity contribution in [3.63, 3.8) is 0 Å². The van der Waals surface area contributed by atoms with Crippen LogP contribution in [0.25, 0.3) is 0 Å². The van der Waals surface area contributed by atoms with Gasteiger partial charge >= 0.3 is 0 Å². The van der Waals surface area contributed by atoms with Crippen LogP contribution in [0.15, 0.2) is 16.6 Å². The van der Waals surface area contributed by atoms with Crippen molar-refractivity contribution in [3.05, 3.63) is 33.0 Å². The normalized spacial score (nSPS) is 9.92. The molecule has 0 saturated heterocycles. The third kappa shape index (κ3) is 1.59. The molecule has 1 amide bonds. The number of hydrogen-bond acceptors (Lipinski definition) is 1. The molecule has 2 nitrogen and oxygen atoms in total. The number of hydrogen-bond donors (Lipinski definition) is 1. The molecule has 0 heterocycles. The Labute approximate surface area is 81.6 Å². The van der Waals surface area contributed by atoms with Crippen molar-refractivity contribution >= 4 is 33.4 Å². The van der Waals surface area contributed by atoms with Gasteiger partial charge < -0.3 is 5.73 Å². The molecular formula is C7H4BrClFNO. The van der Waals surface area contributed by atoms with E-state index >= 15 is 0 Å².